The summed E-state index contributed by atoms with van der Waals surface area (Å²) in [4.78, 5) is 10.4. The maximum absolute atomic E-state index is 13.6. The minimum atomic E-state index is -0.792. The normalized spacial score (nSPS) is 10.8. The number of halogens is 2. The zero-order valence-corrected chi connectivity index (χ0v) is 13.1. The van der Waals surface area contributed by atoms with Crippen molar-refractivity contribution < 1.29 is 14.3 Å². The summed E-state index contributed by atoms with van der Waals surface area (Å²) in [7, 11) is 0. The minimum absolute atomic E-state index is 0.158. The maximum Gasteiger partial charge on any atom is 0.303 e. The van der Waals surface area contributed by atoms with Crippen LogP contribution in [-0.2, 0) is 11.2 Å². The maximum atomic E-state index is 13.6. The standard InChI is InChI=1S/C14H15BrFN3O2/c1-9-6-11(15)12(16)7-13(9)19-8-10(17-18-19)4-2-3-5-14(20)21/h6-8H,2-5H2,1H3,(H,20,21). The number of aliphatic carboxylic acids is 1. The molecule has 0 saturated heterocycles. The topological polar surface area (TPSA) is 68.0 Å². The number of nitrogens with zero attached hydrogens (tertiary/aromatic N) is 3. The monoisotopic (exact) mass is 355 g/mol. The van der Waals surface area contributed by atoms with Crippen LogP contribution in [0.3, 0.4) is 0 Å². The average Bonchev–Trinajstić information content (AvgIpc) is 2.87. The van der Waals surface area contributed by atoms with Gasteiger partial charge in [0.15, 0.2) is 0 Å². The van der Waals surface area contributed by atoms with Gasteiger partial charge in [-0.05, 0) is 53.7 Å². The van der Waals surface area contributed by atoms with E-state index < -0.39 is 5.97 Å². The number of carboxylic acids is 1. The van der Waals surface area contributed by atoms with Crippen LogP contribution in [0, 0.1) is 12.7 Å². The molecule has 1 heterocycles. The van der Waals surface area contributed by atoms with E-state index in [1.807, 2.05) is 6.92 Å². The molecule has 0 bridgehead atoms. The summed E-state index contributed by atoms with van der Waals surface area (Å²) in [5.41, 5.74) is 2.29. The van der Waals surface area contributed by atoms with Crippen LogP contribution in [0.1, 0.15) is 30.5 Å². The molecule has 0 fully saturated rings. The van der Waals surface area contributed by atoms with Gasteiger partial charge in [-0.3, -0.25) is 4.79 Å². The van der Waals surface area contributed by atoms with E-state index in [0.717, 1.165) is 17.7 Å². The van der Waals surface area contributed by atoms with Crippen molar-refractivity contribution in [3.8, 4) is 5.69 Å². The van der Waals surface area contributed by atoms with Crippen LogP contribution in [0.5, 0.6) is 0 Å². The van der Waals surface area contributed by atoms with E-state index in [4.69, 9.17) is 5.11 Å². The van der Waals surface area contributed by atoms with Gasteiger partial charge in [0.25, 0.3) is 0 Å². The molecular weight excluding hydrogens is 341 g/mol. The number of aromatic nitrogens is 3. The highest BCUT2D eigenvalue weighted by Crippen LogP contribution is 2.22. The summed E-state index contributed by atoms with van der Waals surface area (Å²) in [5, 5.41) is 16.6. The van der Waals surface area contributed by atoms with Crippen molar-refractivity contribution in [1.29, 1.82) is 0 Å². The van der Waals surface area contributed by atoms with Gasteiger partial charge in [0.2, 0.25) is 0 Å². The molecule has 0 amide bonds. The lowest BCUT2D eigenvalue weighted by molar-refractivity contribution is -0.137. The van der Waals surface area contributed by atoms with Gasteiger partial charge in [0.1, 0.15) is 5.82 Å². The van der Waals surface area contributed by atoms with Crippen LogP contribution in [-0.4, -0.2) is 26.1 Å². The largest absolute Gasteiger partial charge is 0.481 e. The van der Waals surface area contributed by atoms with Crippen LogP contribution < -0.4 is 0 Å². The third-order valence-corrected chi connectivity index (χ3v) is 3.71. The average molecular weight is 356 g/mol. The van der Waals surface area contributed by atoms with Crippen LogP contribution >= 0.6 is 15.9 Å². The third-order valence-electron chi connectivity index (χ3n) is 3.10. The smallest absolute Gasteiger partial charge is 0.303 e. The van der Waals surface area contributed by atoms with Gasteiger partial charge < -0.3 is 5.11 Å². The highest BCUT2D eigenvalue weighted by molar-refractivity contribution is 9.10. The molecule has 0 aliphatic rings. The van der Waals surface area contributed by atoms with Crippen molar-refractivity contribution in [3.63, 3.8) is 0 Å². The van der Waals surface area contributed by atoms with Crippen LogP contribution in [0.15, 0.2) is 22.8 Å². The number of hydrogen-bond acceptors (Lipinski definition) is 3. The number of carboxylic acid groups (broad SMARTS) is 1. The molecule has 1 aromatic heterocycles. The highest BCUT2D eigenvalue weighted by Gasteiger charge is 2.09. The molecule has 0 aliphatic carbocycles. The number of benzene rings is 1. The highest BCUT2D eigenvalue weighted by atomic mass is 79.9. The van der Waals surface area contributed by atoms with Crippen molar-refractivity contribution in [3.05, 3.63) is 39.9 Å². The van der Waals surface area contributed by atoms with E-state index in [1.165, 1.54) is 10.7 Å². The minimum Gasteiger partial charge on any atom is -0.481 e. The number of aryl methyl sites for hydroxylation is 2. The molecule has 1 aromatic carbocycles. The van der Waals surface area contributed by atoms with Crippen molar-refractivity contribution in [2.75, 3.05) is 0 Å². The van der Waals surface area contributed by atoms with Crippen molar-refractivity contribution >= 4 is 21.9 Å². The SMILES string of the molecule is Cc1cc(Br)c(F)cc1-n1cc(CCCCC(=O)O)nn1. The predicted molar refractivity (Wildman–Crippen MR) is 78.9 cm³/mol. The second-order valence-corrected chi connectivity index (χ2v) is 5.66. The Bertz CT molecular complexity index is 658. The molecule has 0 unspecified atom stereocenters. The van der Waals surface area contributed by atoms with Crippen LogP contribution in [0.4, 0.5) is 4.39 Å². The van der Waals surface area contributed by atoms with Gasteiger partial charge in [0.05, 0.1) is 22.1 Å². The van der Waals surface area contributed by atoms with E-state index >= 15 is 0 Å². The summed E-state index contributed by atoms with van der Waals surface area (Å²) in [6.07, 6.45) is 3.90. The lowest BCUT2D eigenvalue weighted by atomic mass is 10.1. The second kappa shape index (κ2) is 6.80. The Morgan fingerprint density at radius 1 is 1.43 bits per heavy atom. The molecule has 0 spiro atoms. The molecule has 0 radical (unpaired) electrons. The molecule has 21 heavy (non-hydrogen) atoms. The van der Waals surface area contributed by atoms with E-state index in [1.54, 1.807) is 12.3 Å². The molecule has 5 nitrogen and oxygen atoms in total. The fourth-order valence-electron chi connectivity index (χ4n) is 2.00. The van der Waals surface area contributed by atoms with Gasteiger partial charge >= 0.3 is 5.97 Å². The van der Waals surface area contributed by atoms with Crippen molar-refractivity contribution in [2.24, 2.45) is 0 Å². The molecule has 2 rings (SSSR count). The fraction of sp³-hybridized carbons (Fsp3) is 0.357. The number of rotatable bonds is 6. The summed E-state index contributed by atoms with van der Waals surface area (Å²) < 4.78 is 15.6. The van der Waals surface area contributed by atoms with Crippen molar-refractivity contribution in [2.45, 2.75) is 32.6 Å². The summed E-state index contributed by atoms with van der Waals surface area (Å²) in [6.45, 7) is 1.87. The first-order valence-electron chi connectivity index (χ1n) is 6.56. The zero-order chi connectivity index (χ0) is 15.4. The molecule has 7 heteroatoms. The van der Waals surface area contributed by atoms with Gasteiger partial charge in [-0.15, -0.1) is 5.10 Å². The number of carbonyl (C=O) groups is 1. The van der Waals surface area contributed by atoms with E-state index in [0.29, 0.717) is 23.0 Å². The Balaban J connectivity index is 2.06. The second-order valence-electron chi connectivity index (χ2n) is 4.81. The lowest BCUT2D eigenvalue weighted by Crippen LogP contribution is -1.99. The predicted octanol–water partition coefficient (Wildman–Crippen LogP) is 3.27. The Morgan fingerprint density at radius 3 is 2.90 bits per heavy atom. The first-order chi connectivity index (χ1) is 9.97. The fourth-order valence-corrected chi connectivity index (χ4v) is 2.45. The van der Waals surface area contributed by atoms with Crippen molar-refractivity contribution in [1.82, 2.24) is 15.0 Å². The van der Waals surface area contributed by atoms with Gasteiger partial charge in [-0.2, -0.15) is 0 Å². The first-order valence-corrected chi connectivity index (χ1v) is 7.35. The Hall–Kier alpha value is -1.76. The molecular formula is C14H15BrFN3O2. The van der Waals surface area contributed by atoms with E-state index in [-0.39, 0.29) is 12.2 Å². The molecule has 2 aromatic rings. The molecule has 1 N–H and O–H groups in total. The van der Waals surface area contributed by atoms with Gasteiger partial charge in [-0.1, -0.05) is 5.21 Å². The number of hydrogen-bond donors (Lipinski definition) is 1. The number of unbranched alkanes of at least 4 members (excludes halogenated alkanes) is 1. The lowest BCUT2D eigenvalue weighted by Gasteiger charge is -2.06. The quantitative estimate of drug-likeness (QED) is 0.807. The third kappa shape index (κ3) is 4.10. The van der Waals surface area contributed by atoms with Gasteiger partial charge in [-0.25, -0.2) is 9.07 Å². The van der Waals surface area contributed by atoms with E-state index in [9.17, 15) is 9.18 Å². The molecule has 0 saturated carbocycles. The zero-order valence-electron chi connectivity index (χ0n) is 11.5. The van der Waals surface area contributed by atoms with Gasteiger partial charge in [0, 0.05) is 12.5 Å². The molecule has 112 valence electrons. The molecule has 0 aliphatic heterocycles. The summed E-state index contributed by atoms with van der Waals surface area (Å²) in [5.74, 6) is -1.14. The first kappa shape index (κ1) is 15.6. The van der Waals surface area contributed by atoms with E-state index in [2.05, 4.69) is 26.2 Å². The summed E-state index contributed by atoms with van der Waals surface area (Å²) in [6, 6.07) is 3.10. The Morgan fingerprint density at radius 2 is 2.19 bits per heavy atom. The summed E-state index contributed by atoms with van der Waals surface area (Å²) >= 11 is 3.14. The Labute approximate surface area is 129 Å². The van der Waals surface area contributed by atoms with Crippen LogP contribution in [0.2, 0.25) is 0 Å². The molecule has 0 atom stereocenters. The Kier molecular flexibility index (Phi) is 5.06. The van der Waals surface area contributed by atoms with Crippen LogP contribution in [0.25, 0.3) is 5.69 Å².